The van der Waals surface area contributed by atoms with Crippen LogP contribution in [0, 0.1) is 5.41 Å². The van der Waals surface area contributed by atoms with Gasteiger partial charge in [0, 0.05) is 18.8 Å². The van der Waals surface area contributed by atoms with Crippen molar-refractivity contribution in [1.82, 2.24) is 10.3 Å². The second kappa shape index (κ2) is 7.09. The molecule has 0 aliphatic carbocycles. The number of carbonyl (C=O) groups is 1. The quantitative estimate of drug-likeness (QED) is 0.897. The smallest absolute Gasteiger partial charge is 0.347 e. The summed E-state index contributed by atoms with van der Waals surface area (Å²) in [4.78, 5) is 15.2. The largest absolute Gasteiger partial charge is 0.433 e. The Kier molecular flexibility index (Phi) is 6.63. The summed E-state index contributed by atoms with van der Waals surface area (Å²) in [6, 6.07) is 1.60. The van der Waals surface area contributed by atoms with Crippen molar-refractivity contribution in [3.05, 3.63) is 29.6 Å². The van der Waals surface area contributed by atoms with Crippen molar-refractivity contribution in [3.8, 4) is 0 Å². The van der Waals surface area contributed by atoms with Crippen LogP contribution in [-0.2, 0) is 6.18 Å². The third-order valence-electron chi connectivity index (χ3n) is 2.90. The fourth-order valence-corrected chi connectivity index (χ4v) is 1.57. The first-order valence-corrected chi connectivity index (χ1v) is 6.10. The third kappa shape index (κ3) is 5.51. The molecule has 1 aromatic heterocycles. The molecule has 0 fully saturated rings. The third-order valence-corrected chi connectivity index (χ3v) is 2.90. The molecule has 1 unspecified atom stereocenters. The van der Waals surface area contributed by atoms with E-state index in [1.807, 2.05) is 20.8 Å². The van der Waals surface area contributed by atoms with Crippen LogP contribution in [0.15, 0.2) is 18.3 Å². The predicted molar refractivity (Wildman–Crippen MR) is 76.3 cm³/mol. The number of aromatic nitrogens is 1. The van der Waals surface area contributed by atoms with Gasteiger partial charge in [-0.25, -0.2) is 0 Å². The van der Waals surface area contributed by atoms with Gasteiger partial charge in [-0.05, 0) is 17.5 Å². The number of nitrogens with zero attached hydrogens (tertiary/aromatic N) is 1. The Morgan fingerprint density at radius 2 is 1.90 bits per heavy atom. The Balaban J connectivity index is 0.00000400. The molecule has 3 N–H and O–H groups in total. The van der Waals surface area contributed by atoms with E-state index < -0.39 is 17.8 Å². The summed E-state index contributed by atoms with van der Waals surface area (Å²) >= 11 is 0. The average Bonchev–Trinajstić information content (AvgIpc) is 2.33. The first-order chi connectivity index (χ1) is 9.05. The van der Waals surface area contributed by atoms with Crippen molar-refractivity contribution in [2.45, 2.75) is 33.0 Å². The Labute approximate surface area is 127 Å². The lowest BCUT2D eigenvalue weighted by molar-refractivity contribution is -0.141. The predicted octanol–water partition coefficient (Wildman–Crippen LogP) is 2.63. The maximum atomic E-state index is 12.4. The van der Waals surface area contributed by atoms with E-state index in [2.05, 4.69) is 10.3 Å². The minimum atomic E-state index is -4.51. The topological polar surface area (TPSA) is 68.0 Å². The first-order valence-electron chi connectivity index (χ1n) is 6.10. The molecule has 8 heteroatoms. The van der Waals surface area contributed by atoms with Gasteiger partial charge in [0.1, 0.15) is 5.69 Å². The zero-order chi connectivity index (χ0) is 15.6. The van der Waals surface area contributed by atoms with Gasteiger partial charge >= 0.3 is 6.18 Å². The first kappa shape index (κ1) is 19.7. The molecule has 1 aromatic rings. The number of halogens is 4. The van der Waals surface area contributed by atoms with Crippen LogP contribution in [0.25, 0.3) is 0 Å². The molecule has 0 bridgehead atoms. The Morgan fingerprint density at radius 3 is 2.24 bits per heavy atom. The van der Waals surface area contributed by atoms with E-state index in [1.165, 1.54) is 0 Å². The maximum Gasteiger partial charge on any atom is 0.433 e. The Morgan fingerprint density at radius 1 is 1.33 bits per heavy atom. The van der Waals surface area contributed by atoms with Crippen LogP contribution >= 0.6 is 12.4 Å². The lowest BCUT2D eigenvalue weighted by atomic mass is 9.86. The van der Waals surface area contributed by atoms with Crippen molar-refractivity contribution in [2.24, 2.45) is 11.1 Å². The van der Waals surface area contributed by atoms with Crippen LogP contribution in [0.5, 0.6) is 0 Å². The van der Waals surface area contributed by atoms with E-state index in [1.54, 1.807) is 0 Å². The second-order valence-corrected chi connectivity index (χ2v) is 5.56. The molecule has 0 aliphatic rings. The van der Waals surface area contributed by atoms with Gasteiger partial charge in [-0.3, -0.25) is 9.78 Å². The molecule has 1 rings (SSSR count). The number of amides is 1. The molecule has 0 spiro atoms. The van der Waals surface area contributed by atoms with E-state index >= 15 is 0 Å². The molecular weight excluding hydrogens is 307 g/mol. The molecule has 0 radical (unpaired) electrons. The molecule has 1 amide bonds. The van der Waals surface area contributed by atoms with Crippen LogP contribution in [0.1, 0.15) is 36.8 Å². The SMILES string of the molecule is CC(C)(C)C(CN)NC(=O)c1ccc(C(F)(F)F)nc1.Cl. The summed E-state index contributed by atoms with van der Waals surface area (Å²) in [5.41, 5.74) is 4.38. The number of nitrogens with one attached hydrogen (secondary N) is 1. The zero-order valence-electron chi connectivity index (χ0n) is 12.0. The van der Waals surface area contributed by atoms with Crippen LogP contribution < -0.4 is 11.1 Å². The summed E-state index contributed by atoms with van der Waals surface area (Å²) in [5, 5.41) is 2.70. The van der Waals surface area contributed by atoms with Gasteiger partial charge in [0.15, 0.2) is 0 Å². The molecule has 1 atom stereocenters. The van der Waals surface area contributed by atoms with Gasteiger partial charge in [-0.15, -0.1) is 12.4 Å². The van der Waals surface area contributed by atoms with E-state index in [-0.39, 0.29) is 36.0 Å². The highest BCUT2D eigenvalue weighted by atomic mass is 35.5. The van der Waals surface area contributed by atoms with Gasteiger partial charge in [0.05, 0.1) is 5.56 Å². The number of rotatable bonds is 3. The van der Waals surface area contributed by atoms with E-state index in [9.17, 15) is 18.0 Å². The molecule has 1 heterocycles. The van der Waals surface area contributed by atoms with Crippen LogP contribution in [0.4, 0.5) is 13.2 Å². The number of pyridine rings is 1. The molecular formula is C13H19ClF3N3O. The van der Waals surface area contributed by atoms with Crippen LogP contribution in [0.3, 0.4) is 0 Å². The van der Waals surface area contributed by atoms with Crippen molar-refractivity contribution < 1.29 is 18.0 Å². The van der Waals surface area contributed by atoms with Gasteiger partial charge in [-0.2, -0.15) is 13.2 Å². The standard InChI is InChI=1S/C13H18F3N3O.ClH/c1-12(2,3)10(6-17)19-11(20)8-4-5-9(18-7-8)13(14,15)16;/h4-5,7,10H,6,17H2,1-3H3,(H,19,20);1H. The number of hydrogen-bond donors (Lipinski definition) is 2. The molecule has 21 heavy (non-hydrogen) atoms. The van der Waals surface area contributed by atoms with Gasteiger partial charge in [0.2, 0.25) is 0 Å². The van der Waals surface area contributed by atoms with Crippen molar-refractivity contribution in [3.63, 3.8) is 0 Å². The zero-order valence-corrected chi connectivity index (χ0v) is 12.8. The number of nitrogens with two attached hydrogens (primary N) is 1. The molecule has 120 valence electrons. The molecule has 0 saturated heterocycles. The monoisotopic (exact) mass is 325 g/mol. The van der Waals surface area contributed by atoms with Crippen LogP contribution in [0.2, 0.25) is 0 Å². The molecule has 4 nitrogen and oxygen atoms in total. The van der Waals surface area contributed by atoms with Crippen molar-refractivity contribution >= 4 is 18.3 Å². The Hall–Kier alpha value is -1.34. The highest BCUT2D eigenvalue weighted by Gasteiger charge is 2.32. The summed E-state index contributed by atoms with van der Waals surface area (Å²) < 4.78 is 37.1. The van der Waals surface area contributed by atoms with Gasteiger partial charge < -0.3 is 11.1 Å². The minimum absolute atomic E-state index is 0. The highest BCUT2D eigenvalue weighted by Crippen LogP contribution is 2.27. The highest BCUT2D eigenvalue weighted by molar-refractivity contribution is 5.94. The molecule has 0 aliphatic heterocycles. The summed E-state index contributed by atoms with van der Waals surface area (Å²) in [5.74, 6) is -0.489. The number of hydrogen-bond acceptors (Lipinski definition) is 3. The maximum absolute atomic E-state index is 12.4. The van der Waals surface area contributed by atoms with Crippen molar-refractivity contribution in [2.75, 3.05) is 6.54 Å². The Bertz CT molecular complexity index is 469. The lowest BCUT2D eigenvalue weighted by Crippen LogP contribution is -2.48. The van der Waals surface area contributed by atoms with E-state index in [0.717, 1.165) is 18.3 Å². The normalized spacial score (nSPS) is 13.3. The van der Waals surface area contributed by atoms with E-state index in [0.29, 0.717) is 0 Å². The summed E-state index contributed by atoms with van der Waals surface area (Å²) in [6.45, 7) is 5.98. The van der Waals surface area contributed by atoms with Crippen molar-refractivity contribution in [1.29, 1.82) is 0 Å². The lowest BCUT2D eigenvalue weighted by Gasteiger charge is -2.30. The number of carbonyl (C=O) groups excluding carboxylic acids is 1. The second-order valence-electron chi connectivity index (χ2n) is 5.56. The fourth-order valence-electron chi connectivity index (χ4n) is 1.57. The summed E-state index contributed by atoms with van der Waals surface area (Å²) in [7, 11) is 0. The number of alkyl halides is 3. The fraction of sp³-hybridized carbons (Fsp3) is 0.538. The molecule has 0 saturated carbocycles. The minimum Gasteiger partial charge on any atom is -0.347 e. The van der Waals surface area contributed by atoms with Gasteiger partial charge in [0.25, 0.3) is 5.91 Å². The van der Waals surface area contributed by atoms with E-state index in [4.69, 9.17) is 5.73 Å². The average molecular weight is 326 g/mol. The molecule has 0 aromatic carbocycles. The van der Waals surface area contributed by atoms with Crippen LogP contribution in [-0.4, -0.2) is 23.5 Å². The summed E-state index contributed by atoms with van der Waals surface area (Å²) in [6.07, 6.45) is -3.60. The van der Waals surface area contributed by atoms with Gasteiger partial charge in [-0.1, -0.05) is 20.8 Å².